The minimum Gasteiger partial charge on any atom is -0.303 e. The molecule has 52 valence electrons. The second-order valence-corrected chi connectivity index (χ2v) is 2.00. The van der Waals surface area contributed by atoms with Gasteiger partial charge < -0.3 is 5.10 Å². The summed E-state index contributed by atoms with van der Waals surface area (Å²) in [7, 11) is 1.61. The number of hydrogen-bond acceptors (Lipinski definition) is 2. The van der Waals surface area contributed by atoms with Gasteiger partial charge in [0, 0.05) is 13.2 Å². The first-order valence-corrected chi connectivity index (χ1v) is 2.86. The molecule has 0 aliphatic rings. The fraction of sp³-hybridized carbons (Fsp3) is 0.333. The number of hydrogen-bond donors (Lipinski definition) is 1. The van der Waals surface area contributed by atoms with Gasteiger partial charge in [0.2, 0.25) is 0 Å². The van der Waals surface area contributed by atoms with Crippen LogP contribution in [0.1, 0.15) is 5.56 Å². The van der Waals surface area contributed by atoms with Crippen LogP contribution in [0, 0.1) is 11.3 Å². The number of rotatable bonds is 1. The Morgan fingerprint density at radius 1 is 1.90 bits per heavy atom. The van der Waals surface area contributed by atoms with Crippen molar-refractivity contribution in [1.29, 1.82) is 5.26 Å². The summed E-state index contributed by atoms with van der Waals surface area (Å²) in [5.74, 6) is 0. The van der Waals surface area contributed by atoms with Gasteiger partial charge in [-0.15, -0.1) is 0 Å². The zero-order valence-electron chi connectivity index (χ0n) is 5.59. The molecule has 1 N–H and O–H groups in total. The topological polar surface area (TPSA) is 61.6 Å². The van der Waals surface area contributed by atoms with Crippen molar-refractivity contribution in [3.63, 3.8) is 0 Å². The van der Waals surface area contributed by atoms with Crippen LogP contribution in [0.4, 0.5) is 0 Å². The first kappa shape index (κ1) is 6.62. The van der Waals surface area contributed by atoms with Gasteiger partial charge in [0.25, 0.3) is 5.56 Å². The summed E-state index contributed by atoms with van der Waals surface area (Å²) < 4.78 is 1.34. The summed E-state index contributed by atoms with van der Waals surface area (Å²) in [5, 5.41) is 10.9. The molecule has 0 unspecified atom stereocenters. The molecule has 1 heterocycles. The largest absolute Gasteiger partial charge is 0.303 e. The van der Waals surface area contributed by atoms with Gasteiger partial charge in [0.05, 0.1) is 18.1 Å². The summed E-state index contributed by atoms with van der Waals surface area (Å²) in [5.41, 5.74) is 0.395. The summed E-state index contributed by atoms with van der Waals surface area (Å²) in [6.07, 6.45) is 1.72. The Labute approximate surface area is 57.7 Å². The molecule has 0 fully saturated rings. The van der Waals surface area contributed by atoms with Crippen molar-refractivity contribution in [3.05, 3.63) is 22.1 Å². The number of aryl methyl sites for hydroxylation is 1. The van der Waals surface area contributed by atoms with Crippen LogP contribution in [0.25, 0.3) is 0 Å². The van der Waals surface area contributed by atoms with Gasteiger partial charge in [-0.3, -0.25) is 9.48 Å². The normalized spacial score (nSPS) is 9.20. The zero-order valence-corrected chi connectivity index (χ0v) is 5.59. The number of aromatic amines is 1. The van der Waals surface area contributed by atoms with Gasteiger partial charge in [-0.25, -0.2) is 0 Å². The summed E-state index contributed by atoms with van der Waals surface area (Å²) >= 11 is 0. The highest BCUT2D eigenvalue weighted by molar-refractivity contribution is 5.09. The van der Waals surface area contributed by atoms with Crippen LogP contribution in [0.5, 0.6) is 0 Å². The molecule has 4 nitrogen and oxygen atoms in total. The molecule has 0 amide bonds. The fourth-order valence-electron chi connectivity index (χ4n) is 0.722. The molecule has 10 heavy (non-hydrogen) atoms. The maximum Gasteiger partial charge on any atom is 0.270 e. The minimum atomic E-state index is -0.124. The summed E-state index contributed by atoms with van der Waals surface area (Å²) in [6, 6.07) is 1.90. The van der Waals surface area contributed by atoms with Crippen molar-refractivity contribution in [2.75, 3.05) is 0 Å². The minimum absolute atomic E-state index is 0.124. The third kappa shape index (κ3) is 0.935. The number of nitrogens with one attached hydrogen (secondary N) is 1. The Hall–Kier alpha value is -1.50. The molecular weight excluding hydrogens is 130 g/mol. The Morgan fingerprint density at radius 3 is 3.00 bits per heavy atom. The third-order valence-electron chi connectivity index (χ3n) is 1.28. The first-order valence-electron chi connectivity index (χ1n) is 2.86. The molecule has 0 radical (unpaired) electrons. The van der Waals surface area contributed by atoms with E-state index in [9.17, 15) is 4.79 Å². The van der Waals surface area contributed by atoms with E-state index < -0.39 is 0 Å². The third-order valence-corrected chi connectivity index (χ3v) is 1.28. The SMILES string of the molecule is Cn1[nH]cc(CC#N)c1=O. The fourth-order valence-corrected chi connectivity index (χ4v) is 0.722. The lowest BCUT2D eigenvalue weighted by Gasteiger charge is -1.82. The Morgan fingerprint density at radius 2 is 2.60 bits per heavy atom. The zero-order chi connectivity index (χ0) is 7.56. The van der Waals surface area contributed by atoms with Crippen LogP contribution >= 0.6 is 0 Å². The van der Waals surface area contributed by atoms with E-state index in [-0.39, 0.29) is 12.0 Å². The van der Waals surface area contributed by atoms with Crippen LogP contribution in [-0.2, 0) is 13.5 Å². The van der Waals surface area contributed by atoms with Crippen LogP contribution < -0.4 is 5.56 Å². The van der Waals surface area contributed by atoms with Crippen LogP contribution in [0.3, 0.4) is 0 Å². The summed E-state index contributed by atoms with van der Waals surface area (Å²) in [4.78, 5) is 10.9. The van der Waals surface area contributed by atoms with Gasteiger partial charge in [0.15, 0.2) is 0 Å². The Kier molecular flexibility index (Phi) is 1.59. The molecule has 1 aromatic rings. The van der Waals surface area contributed by atoms with Crippen molar-refractivity contribution in [2.45, 2.75) is 6.42 Å². The number of H-pyrrole nitrogens is 1. The molecule has 0 aliphatic heterocycles. The molecule has 0 saturated heterocycles. The summed E-state index contributed by atoms with van der Waals surface area (Å²) in [6.45, 7) is 0. The van der Waals surface area contributed by atoms with Crippen molar-refractivity contribution >= 4 is 0 Å². The maximum absolute atomic E-state index is 10.9. The van der Waals surface area contributed by atoms with Gasteiger partial charge in [0.1, 0.15) is 0 Å². The van der Waals surface area contributed by atoms with Crippen LogP contribution in [-0.4, -0.2) is 9.78 Å². The molecule has 0 aliphatic carbocycles. The second kappa shape index (κ2) is 2.40. The highest BCUT2D eigenvalue weighted by Gasteiger charge is 2.00. The lowest BCUT2D eigenvalue weighted by molar-refractivity contribution is 0.738. The van der Waals surface area contributed by atoms with E-state index >= 15 is 0 Å². The van der Waals surface area contributed by atoms with Crippen LogP contribution in [0.2, 0.25) is 0 Å². The molecule has 4 heteroatoms. The Balaban J connectivity index is 3.09. The first-order chi connectivity index (χ1) is 4.75. The van der Waals surface area contributed by atoms with E-state index in [4.69, 9.17) is 5.26 Å². The smallest absolute Gasteiger partial charge is 0.270 e. The average molecular weight is 137 g/mol. The van der Waals surface area contributed by atoms with E-state index in [1.165, 1.54) is 4.68 Å². The van der Waals surface area contributed by atoms with E-state index in [0.717, 1.165) is 0 Å². The van der Waals surface area contributed by atoms with E-state index in [1.807, 2.05) is 6.07 Å². The van der Waals surface area contributed by atoms with E-state index in [1.54, 1.807) is 13.2 Å². The standard InChI is InChI=1S/C6H7N3O/c1-9-6(10)5(2-3-7)4-8-9/h4,8H,2H2,1H3. The van der Waals surface area contributed by atoms with Gasteiger partial charge >= 0.3 is 0 Å². The van der Waals surface area contributed by atoms with Gasteiger partial charge in [-0.1, -0.05) is 0 Å². The molecule has 0 bridgehead atoms. The Bertz CT molecular complexity index is 314. The number of nitrogens with zero attached hydrogens (tertiary/aromatic N) is 2. The van der Waals surface area contributed by atoms with Gasteiger partial charge in [-0.05, 0) is 0 Å². The van der Waals surface area contributed by atoms with Crippen molar-refractivity contribution in [3.8, 4) is 6.07 Å². The molecule has 0 aromatic carbocycles. The average Bonchev–Trinajstić information content (AvgIpc) is 2.20. The predicted octanol–water partition coefficient (Wildman–Crippen LogP) is -0.221. The molecular formula is C6H7N3O. The van der Waals surface area contributed by atoms with Crippen LogP contribution in [0.15, 0.2) is 11.0 Å². The molecule has 0 atom stereocenters. The molecule has 1 aromatic heterocycles. The van der Waals surface area contributed by atoms with E-state index in [0.29, 0.717) is 5.56 Å². The lowest BCUT2D eigenvalue weighted by atomic mass is 10.3. The quantitative estimate of drug-likeness (QED) is 0.581. The number of aromatic nitrogens is 2. The predicted molar refractivity (Wildman–Crippen MR) is 35.4 cm³/mol. The van der Waals surface area contributed by atoms with Crippen molar-refractivity contribution in [1.82, 2.24) is 9.78 Å². The maximum atomic E-state index is 10.9. The highest BCUT2D eigenvalue weighted by atomic mass is 16.1. The lowest BCUT2D eigenvalue weighted by Crippen LogP contribution is -2.14. The molecule has 0 saturated carbocycles. The van der Waals surface area contributed by atoms with Crippen molar-refractivity contribution in [2.24, 2.45) is 7.05 Å². The monoisotopic (exact) mass is 137 g/mol. The molecule has 0 spiro atoms. The van der Waals surface area contributed by atoms with E-state index in [2.05, 4.69) is 5.10 Å². The van der Waals surface area contributed by atoms with Crippen molar-refractivity contribution < 1.29 is 0 Å². The molecule has 1 rings (SSSR count). The highest BCUT2D eigenvalue weighted by Crippen LogP contribution is 1.86. The van der Waals surface area contributed by atoms with Gasteiger partial charge in [-0.2, -0.15) is 5.26 Å². The number of nitriles is 1. The second-order valence-electron chi connectivity index (χ2n) is 2.00.